The Balaban J connectivity index is 1.50. The first kappa shape index (κ1) is 24.2. The van der Waals surface area contributed by atoms with Crippen LogP contribution in [0.4, 0.5) is 0 Å². The molecular formula is C32H23N7O2. The van der Waals surface area contributed by atoms with E-state index in [0.29, 0.717) is 11.2 Å². The van der Waals surface area contributed by atoms with Crippen LogP contribution < -0.4 is 10.9 Å². The second-order valence-corrected chi connectivity index (χ2v) is 9.57. The number of hydrogen-bond donors (Lipinski definition) is 3. The molecule has 0 aliphatic carbocycles. The minimum Gasteiger partial charge on any atom is -0.345 e. The topological polar surface area (TPSA) is 121 Å². The molecule has 3 aromatic carbocycles. The molecule has 0 fully saturated rings. The SMILES string of the molecule is O=C(NCc1ccn[nH]1)c1nc2c(-c3ccccc3)c(-c3ccccc3)[nH]n2c(=O)c1-c1ccc2ncccc2c1. The van der Waals surface area contributed by atoms with Crippen LogP contribution in [-0.4, -0.2) is 35.7 Å². The van der Waals surface area contributed by atoms with Gasteiger partial charge in [-0.15, -0.1) is 0 Å². The Labute approximate surface area is 233 Å². The Hall–Kier alpha value is -5.83. The molecule has 4 heterocycles. The molecule has 9 heteroatoms. The van der Waals surface area contributed by atoms with E-state index in [0.717, 1.165) is 39.0 Å². The Morgan fingerprint density at radius 1 is 0.805 bits per heavy atom. The van der Waals surface area contributed by atoms with Crippen molar-refractivity contribution in [3.63, 3.8) is 0 Å². The molecule has 9 nitrogen and oxygen atoms in total. The van der Waals surface area contributed by atoms with Crippen LogP contribution in [0.1, 0.15) is 16.2 Å². The third-order valence-corrected chi connectivity index (χ3v) is 7.01. The largest absolute Gasteiger partial charge is 0.345 e. The number of amides is 1. The second kappa shape index (κ2) is 10.0. The molecule has 1 amide bonds. The maximum atomic E-state index is 14.3. The van der Waals surface area contributed by atoms with Crippen molar-refractivity contribution in [2.75, 3.05) is 0 Å². The van der Waals surface area contributed by atoms with Crippen LogP contribution in [0, 0.1) is 0 Å². The number of carbonyl (C=O) groups is 1. The predicted molar refractivity (Wildman–Crippen MR) is 157 cm³/mol. The van der Waals surface area contributed by atoms with Gasteiger partial charge in [-0.3, -0.25) is 24.8 Å². The fourth-order valence-electron chi connectivity index (χ4n) is 5.06. The number of benzene rings is 3. The summed E-state index contributed by atoms with van der Waals surface area (Å²) in [4.78, 5) is 37.4. The number of rotatable bonds is 6. The predicted octanol–water partition coefficient (Wildman–Crippen LogP) is 5.22. The van der Waals surface area contributed by atoms with Crippen molar-refractivity contribution in [3.05, 3.63) is 131 Å². The summed E-state index contributed by atoms with van der Waals surface area (Å²) in [6.07, 6.45) is 3.33. The summed E-state index contributed by atoms with van der Waals surface area (Å²) in [6.45, 7) is 0.203. The summed E-state index contributed by atoms with van der Waals surface area (Å²) in [5, 5.41) is 13.8. The molecule has 0 spiro atoms. The fraction of sp³-hybridized carbons (Fsp3) is 0.0312. The first-order valence-corrected chi connectivity index (χ1v) is 13.1. The van der Waals surface area contributed by atoms with E-state index < -0.39 is 5.91 Å². The maximum absolute atomic E-state index is 14.3. The van der Waals surface area contributed by atoms with Gasteiger partial charge >= 0.3 is 0 Å². The lowest BCUT2D eigenvalue weighted by Crippen LogP contribution is -2.29. The molecule has 198 valence electrons. The van der Waals surface area contributed by atoms with Gasteiger partial charge in [0.25, 0.3) is 11.5 Å². The van der Waals surface area contributed by atoms with E-state index >= 15 is 0 Å². The summed E-state index contributed by atoms with van der Waals surface area (Å²) in [5.74, 6) is -0.470. The quantitative estimate of drug-likeness (QED) is 0.268. The average Bonchev–Trinajstić information content (AvgIpc) is 3.69. The van der Waals surface area contributed by atoms with Gasteiger partial charge in [0.05, 0.1) is 34.6 Å². The molecule has 0 aliphatic heterocycles. The standard InChI is InChI=1S/C32H23N7O2/c40-31(34-19-24-15-17-35-37-24)29-27(23-13-14-25-22(18-23)12-7-16-33-25)32(41)39-30(36-29)26(20-8-3-1-4-9-20)28(38-39)21-10-5-2-6-11-21/h1-18,38H,19H2,(H,34,40)(H,35,37). The highest BCUT2D eigenvalue weighted by Crippen LogP contribution is 2.35. The highest BCUT2D eigenvalue weighted by Gasteiger charge is 2.25. The van der Waals surface area contributed by atoms with Gasteiger partial charge in [0.2, 0.25) is 0 Å². The zero-order chi connectivity index (χ0) is 27.8. The lowest BCUT2D eigenvalue weighted by atomic mass is 10.00. The molecule has 0 saturated heterocycles. The van der Waals surface area contributed by atoms with Crippen molar-refractivity contribution in [2.24, 2.45) is 0 Å². The van der Waals surface area contributed by atoms with Crippen molar-refractivity contribution in [1.29, 1.82) is 0 Å². The van der Waals surface area contributed by atoms with E-state index in [1.54, 1.807) is 24.5 Å². The third-order valence-electron chi connectivity index (χ3n) is 7.01. The number of fused-ring (bicyclic) bond motifs is 2. The van der Waals surface area contributed by atoms with Crippen LogP contribution in [0.15, 0.2) is 114 Å². The fourth-order valence-corrected chi connectivity index (χ4v) is 5.06. The summed E-state index contributed by atoms with van der Waals surface area (Å²) < 4.78 is 1.43. The molecule has 0 bridgehead atoms. The smallest absolute Gasteiger partial charge is 0.281 e. The second-order valence-electron chi connectivity index (χ2n) is 9.57. The molecule has 7 rings (SSSR count). The van der Waals surface area contributed by atoms with Crippen LogP contribution in [0.5, 0.6) is 0 Å². The minimum atomic E-state index is -0.470. The Morgan fingerprint density at radius 2 is 1.59 bits per heavy atom. The van der Waals surface area contributed by atoms with Crippen LogP contribution in [0.2, 0.25) is 0 Å². The van der Waals surface area contributed by atoms with Gasteiger partial charge in [-0.2, -0.15) is 9.61 Å². The van der Waals surface area contributed by atoms with E-state index in [2.05, 4.69) is 25.6 Å². The molecule has 0 saturated carbocycles. The van der Waals surface area contributed by atoms with E-state index in [-0.39, 0.29) is 23.4 Å². The zero-order valence-electron chi connectivity index (χ0n) is 21.7. The highest BCUT2D eigenvalue weighted by atomic mass is 16.2. The van der Waals surface area contributed by atoms with E-state index in [9.17, 15) is 9.59 Å². The van der Waals surface area contributed by atoms with Crippen LogP contribution in [-0.2, 0) is 6.54 Å². The Kier molecular flexibility index (Phi) is 5.94. The maximum Gasteiger partial charge on any atom is 0.281 e. The molecule has 41 heavy (non-hydrogen) atoms. The van der Waals surface area contributed by atoms with E-state index in [1.807, 2.05) is 84.9 Å². The van der Waals surface area contributed by atoms with Gasteiger partial charge in [0.15, 0.2) is 5.65 Å². The molecule has 4 aromatic heterocycles. The van der Waals surface area contributed by atoms with Crippen molar-refractivity contribution in [3.8, 4) is 33.5 Å². The van der Waals surface area contributed by atoms with Crippen molar-refractivity contribution >= 4 is 22.5 Å². The van der Waals surface area contributed by atoms with Gasteiger partial charge in [-0.25, -0.2) is 4.98 Å². The molecule has 0 atom stereocenters. The lowest BCUT2D eigenvalue weighted by Gasteiger charge is -2.11. The number of aromatic amines is 2. The number of nitrogens with one attached hydrogen (secondary N) is 3. The zero-order valence-corrected chi connectivity index (χ0v) is 21.7. The van der Waals surface area contributed by atoms with Gasteiger partial charge in [0, 0.05) is 23.3 Å². The summed E-state index contributed by atoms with van der Waals surface area (Å²) in [5.41, 5.74) is 5.49. The Bertz CT molecular complexity index is 2080. The molecule has 0 aliphatic rings. The summed E-state index contributed by atoms with van der Waals surface area (Å²) in [7, 11) is 0. The van der Waals surface area contributed by atoms with Gasteiger partial charge in [-0.05, 0) is 35.4 Å². The Morgan fingerprint density at radius 3 is 2.34 bits per heavy atom. The van der Waals surface area contributed by atoms with Crippen LogP contribution in [0.3, 0.4) is 0 Å². The number of carbonyl (C=O) groups excluding carboxylic acids is 1. The van der Waals surface area contributed by atoms with Crippen molar-refractivity contribution < 1.29 is 4.79 Å². The number of hydrogen-bond acceptors (Lipinski definition) is 5. The molecular weight excluding hydrogens is 514 g/mol. The number of aromatic nitrogens is 6. The molecule has 0 unspecified atom stereocenters. The molecule has 0 radical (unpaired) electrons. The number of H-pyrrole nitrogens is 2. The molecule has 7 aromatic rings. The van der Waals surface area contributed by atoms with E-state index in [4.69, 9.17) is 4.98 Å². The summed E-state index contributed by atoms with van der Waals surface area (Å²) >= 11 is 0. The minimum absolute atomic E-state index is 0.0357. The monoisotopic (exact) mass is 537 g/mol. The average molecular weight is 538 g/mol. The summed E-state index contributed by atoms with van der Waals surface area (Å²) in [6, 6.07) is 30.5. The van der Waals surface area contributed by atoms with Crippen LogP contribution in [0.25, 0.3) is 50.1 Å². The molecule has 3 N–H and O–H groups in total. The number of nitrogens with zero attached hydrogens (tertiary/aromatic N) is 4. The normalized spacial score (nSPS) is 11.2. The lowest BCUT2D eigenvalue weighted by molar-refractivity contribution is 0.0946. The first-order chi connectivity index (χ1) is 20.2. The van der Waals surface area contributed by atoms with Crippen molar-refractivity contribution in [1.82, 2.24) is 35.1 Å². The third kappa shape index (κ3) is 4.35. The van der Waals surface area contributed by atoms with Gasteiger partial charge in [0.1, 0.15) is 5.69 Å². The van der Waals surface area contributed by atoms with Crippen molar-refractivity contribution in [2.45, 2.75) is 6.54 Å². The van der Waals surface area contributed by atoms with E-state index in [1.165, 1.54) is 4.52 Å². The number of pyridine rings is 1. The van der Waals surface area contributed by atoms with Crippen LogP contribution >= 0.6 is 0 Å². The van der Waals surface area contributed by atoms with Gasteiger partial charge in [-0.1, -0.05) is 72.8 Å². The highest BCUT2D eigenvalue weighted by molar-refractivity contribution is 6.01. The van der Waals surface area contributed by atoms with Gasteiger partial charge < -0.3 is 5.32 Å². The first-order valence-electron chi connectivity index (χ1n) is 13.1.